The van der Waals surface area contributed by atoms with E-state index in [1.54, 1.807) is 30.9 Å². The molecule has 0 radical (unpaired) electrons. The molecule has 8 heteroatoms. The van der Waals surface area contributed by atoms with Crippen molar-refractivity contribution in [3.63, 3.8) is 0 Å². The number of nitrogens with zero attached hydrogens (tertiary/aromatic N) is 6. The zero-order valence-electron chi connectivity index (χ0n) is 14.7. The second-order valence-electron chi connectivity index (χ2n) is 6.15. The molecule has 5 heterocycles. The van der Waals surface area contributed by atoms with E-state index < -0.39 is 0 Å². The number of rotatable bonds is 3. The van der Waals surface area contributed by atoms with E-state index in [1.165, 1.54) is 11.3 Å². The summed E-state index contributed by atoms with van der Waals surface area (Å²) in [5, 5.41) is 2.28. The summed E-state index contributed by atoms with van der Waals surface area (Å²) in [5.41, 5.74) is 3.47. The molecule has 0 atom stereocenters. The molecular formula is C20H13ClN6S. The van der Waals surface area contributed by atoms with E-state index in [0.717, 1.165) is 37.9 Å². The first kappa shape index (κ1) is 17.0. The van der Waals surface area contributed by atoms with Crippen LogP contribution < -0.4 is 0 Å². The van der Waals surface area contributed by atoms with Crippen molar-refractivity contribution in [2.75, 3.05) is 0 Å². The molecule has 0 bridgehead atoms. The molecule has 0 N–H and O–H groups in total. The van der Waals surface area contributed by atoms with Crippen molar-refractivity contribution in [3.8, 4) is 32.7 Å². The molecule has 0 spiro atoms. The van der Waals surface area contributed by atoms with Crippen LogP contribution in [0.5, 0.6) is 0 Å². The predicted molar refractivity (Wildman–Crippen MR) is 111 cm³/mol. The van der Waals surface area contributed by atoms with Crippen molar-refractivity contribution in [1.29, 1.82) is 0 Å². The summed E-state index contributed by atoms with van der Waals surface area (Å²) in [5.74, 6) is 0.666. The van der Waals surface area contributed by atoms with Gasteiger partial charge in [-0.05, 0) is 36.4 Å². The van der Waals surface area contributed by atoms with Crippen molar-refractivity contribution in [1.82, 2.24) is 29.5 Å². The minimum Gasteiger partial charge on any atom is -0.326 e. The first-order valence-corrected chi connectivity index (χ1v) is 9.71. The Hall–Kier alpha value is -3.16. The molecule has 5 rings (SSSR count). The van der Waals surface area contributed by atoms with Gasteiger partial charge in [-0.25, -0.2) is 19.9 Å². The van der Waals surface area contributed by atoms with E-state index in [-0.39, 0.29) is 0 Å². The third kappa shape index (κ3) is 2.85. The average Bonchev–Trinajstić information content (AvgIpc) is 3.29. The third-order valence-corrected chi connectivity index (χ3v) is 5.91. The maximum absolute atomic E-state index is 6.43. The molecule has 0 saturated heterocycles. The summed E-state index contributed by atoms with van der Waals surface area (Å²) in [4.78, 5) is 23.0. The second kappa shape index (κ2) is 6.78. The largest absolute Gasteiger partial charge is 0.326 e. The number of aryl methyl sites for hydroxylation is 1. The average molecular weight is 405 g/mol. The van der Waals surface area contributed by atoms with Crippen LogP contribution in [-0.4, -0.2) is 29.5 Å². The lowest BCUT2D eigenvalue weighted by Crippen LogP contribution is -1.96. The van der Waals surface area contributed by atoms with Gasteiger partial charge in [-0.2, -0.15) is 0 Å². The summed E-state index contributed by atoms with van der Waals surface area (Å²) in [6, 6.07) is 11.7. The SMILES string of the molecule is Cn1c(-c2ncccn2)cc2ccc(-c3sc(-c4cccnc4)nc3Cl)nc21. The fourth-order valence-electron chi connectivity index (χ4n) is 3.04. The summed E-state index contributed by atoms with van der Waals surface area (Å²) < 4.78 is 1.99. The predicted octanol–water partition coefficient (Wildman–Crippen LogP) is 4.87. The Morgan fingerprint density at radius 1 is 1.00 bits per heavy atom. The Bertz CT molecular complexity index is 1280. The van der Waals surface area contributed by atoms with Gasteiger partial charge in [-0.15, -0.1) is 11.3 Å². The first-order valence-electron chi connectivity index (χ1n) is 8.51. The lowest BCUT2D eigenvalue weighted by atomic mass is 10.2. The fourth-order valence-corrected chi connectivity index (χ4v) is 4.31. The molecule has 0 saturated carbocycles. The molecular weight excluding hydrogens is 392 g/mol. The quantitative estimate of drug-likeness (QED) is 0.429. The van der Waals surface area contributed by atoms with E-state index in [4.69, 9.17) is 16.6 Å². The summed E-state index contributed by atoms with van der Waals surface area (Å²) in [6.45, 7) is 0. The summed E-state index contributed by atoms with van der Waals surface area (Å²) in [6.07, 6.45) is 6.98. The van der Waals surface area contributed by atoms with Gasteiger partial charge in [0.25, 0.3) is 0 Å². The molecule has 0 unspecified atom stereocenters. The highest BCUT2D eigenvalue weighted by Gasteiger charge is 2.17. The lowest BCUT2D eigenvalue weighted by Gasteiger charge is -2.03. The fraction of sp³-hybridized carbons (Fsp3) is 0.0500. The van der Waals surface area contributed by atoms with Crippen LogP contribution in [0, 0.1) is 0 Å². The van der Waals surface area contributed by atoms with Crippen LogP contribution in [0.2, 0.25) is 5.15 Å². The van der Waals surface area contributed by atoms with E-state index in [9.17, 15) is 0 Å². The van der Waals surface area contributed by atoms with E-state index >= 15 is 0 Å². The normalized spacial score (nSPS) is 11.2. The van der Waals surface area contributed by atoms with Gasteiger partial charge in [0.15, 0.2) is 5.82 Å². The zero-order valence-corrected chi connectivity index (χ0v) is 16.3. The van der Waals surface area contributed by atoms with Gasteiger partial charge in [-0.3, -0.25) is 4.98 Å². The van der Waals surface area contributed by atoms with Crippen molar-refractivity contribution < 1.29 is 0 Å². The van der Waals surface area contributed by atoms with Crippen LogP contribution >= 0.6 is 22.9 Å². The number of aromatic nitrogens is 6. The molecule has 0 aliphatic rings. The maximum Gasteiger partial charge on any atom is 0.176 e. The smallest absolute Gasteiger partial charge is 0.176 e. The van der Waals surface area contributed by atoms with Crippen molar-refractivity contribution in [3.05, 3.63) is 66.3 Å². The third-order valence-electron chi connectivity index (χ3n) is 4.40. The number of hydrogen-bond acceptors (Lipinski definition) is 6. The Morgan fingerprint density at radius 3 is 2.64 bits per heavy atom. The number of hydrogen-bond donors (Lipinski definition) is 0. The van der Waals surface area contributed by atoms with Crippen LogP contribution in [0.1, 0.15) is 0 Å². The Labute approximate surface area is 169 Å². The minimum atomic E-state index is 0.441. The Morgan fingerprint density at radius 2 is 1.86 bits per heavy atom. The molecule has 0 amide bonds. The molecule has 6 nitrogen and oxygen atoms in total. The molecule has 0 aliphatic heterocycles. The lowest BCUT2D eigenvalue weighted by molar-refractivity contribution is 0.940. The standard InChI is InChI=1S/C20H13ClN6S/c1-27-15(18-23-8-3-9-24-18)10-12-5-6-14(25-19(12)27)16-17(21)26-20(28-16)13-4-2-7-22-11-13/h2-11H,1H3. The van der Waals surface area contributed by atoms with Gasteiger partial charge in [0.2, 0.25) is 0 Å². The zero-order chi connectivity index (χ0) is 19.1. The van der Waals surface area contributed by atoms with Gasteiger partial charge in [-0.1, -0.05) is 11.6 Å². The monoisotopic (exact) mass is 404 g/mol. The molecule has 0 aliphatic carbocycles. The van der Waals surface area contributed by atoms with Crippen LogP contribution in [0.15, 0.2) is 61.2 Å². The Balaban J connectivity index is 1.61. The highest BCUT2D eigenvalue weighted by molar-refractivity contribution is 7.19. The van der Waals surface area contributed by atoms with E-state index in [0.29, 0.717) is 11.0 Å². The highest BCUT2D eigenvalue weighted by atomic mass is 35.5. The molecule has 0 aromatic carbocycles. The van der Waals surface area contributed by atoms with Gasteiger partial charge < -0.3 is 4.57 Å². The van der Waals surface area contributed by atoms with Crippen molar-refractivity contribution in [2.24, 2.45) is 7.05 Å². The first-order chi connectivity index (χ1) is 13.7. The number of pyridine rings is 2. The summed E-state index contributed by atoms with van der Waals surface area (Å²) in [7, 11) is 1.96. The molecule has 136 valence electrons. The molecule has 5 aromatic rings. The van der Waals surface area contributed by atoms with Crippen LogP contribution in [0.4, 0.5) is 0 Å². The van der Waals surface area contributed by atoms with Gasteiger partial charge in [0, 0.05) is 42.8 Å². The van der Waals surface area contributed by atoms with Crippen LogP contribution in [-0.2, 0) is 7.05 Å². The highest BCUT2D eigenvalue weighted by Crippen LogP contribution is 2.38. The molecule has 0 fully saturated rings. The number of thiazole rings is 1. The Kier molecular flexibility index (Phi) is 4.11. The van der Waals surface area contributed by atoms with Crippen molar-refractivity contribution >= 4 is 34.0 Å². The second-order valence-corrected chi connectivity index (χ2v) is 7.51. The van der Waals surface area contributed by atoms with Gasteiger partial charge >= 0.3 is 0 Å². The topological polar surface area (TPSA) is 69.4 Å². The molecule has 28 heavy (non-hydrogen) atoms. The van der Waals surface area contributed by atoms with Gasteiger partial charge in [0.05, 0.1) is 16.3 Å². The van der Waals surface area contributed by atoms with Gasteiger partial charge in [0.1, 0.15) is 15.8 Å². The van der Waals surface area contributed by atoms with E-state index in [1.807, 2.05) is 41.9 Å². The van der Waals surface area contributed by atoms with E-state index in [2.05, 4.69) is 19.9 Å². The number of fused-ring (bicyclic) bond motifs is 1. The van der Waals surface area contributed by atoms with Crippen molar-refractivity contribution in [2.45, 2.75) is 0 Å². The molecule has 5 aromatic heterocycles. The minimum absolute atomic E-state index is 0.441. The van der Waals surface area contributed by atoms with Crippen LogP contribution in [0.25, 0.3) is 43.7 Å². The summed E-state index contributed by atoms with van der Waals surface area (Å²) >= 11 is 7.94. The van der Waals surface area contributed by atoms with Crippen LogP contribution in [0.3, 0.4) is 0 Å². The number of halogens is 1. The maximum atomic E-state index is 6.43.